The highest BCUT2D eigenvalue weighted by atomic mass is 32.1. The van der Waals surface area contributed by atoms with Crippen molar-refractivity contribution in [2.45, 2.75) is 20.4 Å². The van der Waals surface area contributed by atoms with Crippen molar-refractivity contribution in [1.82, 2.24) is 10.3 Å². The lowest BCUT2D eigenvalue weighted by atomic mass is 10.1. The van der Waals surface area contributed by atoms with E-state index in [-0.39, 0.29) is 11.8 Å². The number of benzene rings is 1. The second-order valence-electron chi connectivity index (χ2n) is 4.37. The Hall–Kier alpha value is -1.68. The number of thiazole rings is 1. The van der Waals surface area contributed by atoms with Crippen LogP contribution in [0.3, 0.4) is 0 Å². The van der Waals surface area contributed by atoms with E-state index in [4.69, 9.17) is 0 Å². The zero-order valence-electron chi connectivity index (χ0n) is 10.5. The van der Waals surface area contributed by atoms with Gasteiger partial charge in [0.1, 0.15) is 5.01 Å². The van der Waals surface area contributed by atoms with E-state index < -0.39 is 0 Å². The lowest BCUT2D eigenvalue weighted by Gasteiger charge is -2.10. The Bertz CT molecular complexity index is 520. The Balaban J connectivity index is 2.16. The van der Waals surface area contributed by atoms with Gasteiger partial charge < -0.3 is 5.32 Å². The average molecular weight is 260 g/mol. The van der Waals surface area contributed by atoms with Crippen molar-refractivity contribution in [2.24, 2.45) is 5.92 Å². The van der Waals surface area contributed by atoms with E-state index in [1.54, 1.807) is 17.5 Å². The molecule has 0 spiro atoms. The molecule has 0 atom stereocenters. The van der Waals surface area contributed by atoms with E-state index >= 15 is 0 Å². The molecule has 0 fully saturated rings. The van der Waals surface area contributed by atoms with Gasteiger partial charge in [-0.15, -0.1) is 11.3 Å². The van der Waals surface area contributed by atoms with Gasteiger partial charge in [-0.25, -0.2) is 4.98 Å². The molecule has 0 aliphatic heterocycles. The van der Waals surface area contributed by atoms with E-state index in [2.05, 4.69) is 10.3 Å². The predicted octanol–water partition coefficient (Wildman–Crippen LogP) is 3.08. The Morgan fingerprint density at radius 1 is 1.39 bits per heavy atom. The van der Waals surface area contributed by atoms with Crippen molar-refractivity contribution in [3.8, 4) is 10.6 Å². The van der Waals surface area contributed by atoms with Gasteiger partial charge in [-0.1, -0.05) is 38.1 Å². The SMILES string of the molecule is CC(C)C(=O)NCc1ccccc1-c1nccs1. The van der Waals surface area contributed by atoms with Gasteiger partial charge in [-0.3, -0.25) is 4.79 Å². The van der Waals surface area contributed by atoms with E-state index in [1.807, 2.05) is 43.5 Å². The fourth-order valence-corrected chi connectivity index (χ4v) is 2.32. The molecule has 4 heteroatoms. The first-order valence-electron chi connectivity index (χ1n) is 5.94. The van der Waals surface area contributed by atoms with Gasteiger partial charge in [0, 0.05) is 29.6 Å². The molecule has 1 aromatic heterocycles. The molecule has 94 valence electrons. The van der Waals surface area contributed by atoms with E-state index in [0.29, 0.717) is 6.54 Å². The van der Waals surface area contributed by atoms with Gasteiger partial charge in [0.05, 0.1) is 0 Å². The minimum atomic E-state index is 0.0111. The summed E-state index contributed by atoms with van der Waals surface area (Å²) < 4.78 is 0. The van der Waals surface area contributed by atoms with Gasteiger partial charge in [0.15, 0.2) is 0 Å². The fraction of sp³-hybridized carbons (Fsp3) is 0.286. The molecule has 0 bridgehead atoms. The number of nitrogens with zero attached hydrogens (tertiary/aromatic N) is 1. The van der Waals surface area contributed by atoms with E-state index in [0.717, 1.165) is 16.1 Å². The molecule has 2 aromatic rings. The van der Waals surface area contributed by atoms with Gasteiger partial charge in [0.2, 0.25) is 5.91 Å². The molecule has 2 rings (SSSR count). The van der Waals surface area contributed by atoms with Crippen LogP contribution in [0.1, 0.15) is 19.4 Å². The smallest absolute Gasteiger partial charge is 0.222 e. The summed E-state index contributed by atoms with van der Waals surface area (Å²) in [6, 6.07) is 8.03. The first-order valence-corrected chi connectivity index (χ1v) is 6.82. The maximum Gasteiger partial charge on any atom is 0.222 e. The summed E-state index contributed by atoms with van der Waals surface area (Å²) in [6.07, 6.45) is 1.80. The van der Waals surface area contributed by atoms with Gasteiger partial charge >= 0.3 is 0 Å². The van der Waals surface area contributed by atoms with E-state index in [9.17, 15) is 4.79 Å². The van der Waals surface area contributed by atoms with Crippen LogP contribution in [-0.2, 0) is 11.3 Å². The van der Waals surface area contributed by atoms with Crippen LogP contribution in [0, 0.1) is 5.92 Å². The molecular formula is C14H16N2OS. The normalized spacial score (nSPS) is 10.6. The number of aromatic nitrogens is 1. The standard InChI is InChI=1S/C14H16N2OS/c1-10(2)13(17)16-9-11-5-3-4-6-12(11)14-15-7-8-18-14/h3-8,10H,9H2,1-2H3,(H,16,17). The molecule has 1 aromatic carbocycles. The quantitative estimate of drug-likeness (QED) is 0.918. The first-order chi connectivity index (χ1) is 8.68. The van der Waals surface area contributed by atoms with E-state index in [1.165, 1.54) is 0 Å². The van der Waals surface area contributed by atoms with Crippen molar-refractivity contribution in [1.29, 1.82) is 0 Å². The molecule has 0 saturated heterocycles. The summed E-state index contributed by atoms with van der Waals surface area (Å²) in [5.74, 6) is 0.0842. The summed E-state index contributed by atoms with van der Waals surface area (Å²) in [4.78, 5) is 15.9. The van der Waals surface area contributed by atoms with Gasteiger partial charge in [-0.05, 0) is 5.56 Å². The van der Waals surface area contributed by atoms with Gasteiger partial charge in [-0.2, -0.15) is 0 Å². The minimum absolute atomic E-state index is 0.0111. The molecule has 1 amide bonds. The van der Waals surface area contributed by atoms with Crippen molar-refractivity contribution in [2.75, 3.05) is 0 Å². The number of carbonyl (C=O) groups is 1. The van der Waals surface area contributed by atoms with Crippen LogP contribution in [0.4, 0.5) is 0 Å². The monoisotopic (exact) mass is 260 g/mol. The third kappa shape index (κ3) is 2.96. The Labute approximate surface area is 111 Å². The number of carbonyl (C=O) groups excluding carboxylic acids is 1. The van der Waals surface area contributed by atoms with Crippen LogP contribution in [0.15, 0.2) is 35.8 Å². The van der Waals surface area contributed by atoms with Crippen molar-refractivity contribution >= 4 is 17.2 Å². The number of hydrogen-bond donors (Lipinski definition) is 1. The third-order valence-corrected chi connectivity index (χ3v) is 3.46. The number of hydrogen-bond acceptors (Lipinski definition) is 3. The topological polar surface area (TPSA) is 42.0 Å². The maximum atomic E-state index is 11.6. The molecule has 1 N–H and O–H groups in total. The minimum Gasteiger partial charge on any atom is -0.352 e. The van der Waals surface area contributed by atoms with Crippen LogP contribution < -0.4 is 5.32 Å². The largest absolute Gasteiger partial charge is 0.352 e. The Morgan fingerprint density at radius 3 is 2.83 bits per heavy atom. The lowest BCUT2D eigenvalue weighted by Crippen LogP contribution is -2.27. The zero-order chi connectivity index (χ0) is 13.0. The number of amides is 1. The molecule has 0 radical (unpaired) electrons. The molecule has 0 saturated carbocycles. The third-order valence-electron chi connectivity index (χ3n) is 2.66. The zero-order valence-corrected chi connectivity index (χ0v) is 11.3. The summed E-state index contributed by atoms with van der Waals surface area (Å²) in [5.41, 5.74) is 2.19. The van der Waals surface area contributed by atoms with Crippen LogP contribution in [0.2, 0.25) is 0 Å². The number of nitrogens with one attached hydrogen (secondary N) is 1. The summed E-state index contributed by atoms with van der Waals surface area (Å²) in [5, 5.41) is 5.89. The highest BCUT2D eigenvalue weighted by molar-refractivity contribution is 7.13. The number of rotatable bonds is 4. The fourth-order valence-electron chi connectivity index (χ4n) is 1.63. The lowest BCUT2D eigenvalue weighted by molar-refractivity contribution is -0.124. The Kier molecular flexibility index (Phi) is 4.10. The van der Waals surface area contributed by atoms with Crippen LogP contribution in [0.25, 0.3) is 10.6 Å². The molecule has 0 aliphatic carbocycles. The maximum absolute atomic E-state index is 11.6. The van der Waals surface area contributed by atoms with Crippen LogP contribution in [-0.4, -0.2) is 10.9 Å². The second kappa shape index (κ2) is 5.78. The molecule has 0 aliphatic rings. The second-order valence-corrected chi connectivity index (χ2v) is 5.26. The summed E-state index contributed by atoms with van der Waals surface area (Å²) in [6.45, 7) is 4.33. The summed E-state index contributed by atoms with van der Waals surface area (Å²) >= 11 is 1.61. The van der Waals surface area contributed by atoms with Crippen molar-refractivity contribution < 1.29 is 4.79 Å². The average Bonchev–Trinajstić information content (AvgIpc) is 2.89. The highest BCUT2D eigenvalue weighted by Crippen LogP contribution is 2.25. The first kappa shape index (κ1) is 12.8. The van der Waals surface area contributed by atoms with Crippen LogP contribution >= 0.6 is 11.3 Å². The summed E-state index contributed by atoms with van der Waals surface area (Å²) in [7, 11) is 0. The highest BCUT2D eigenvalue weighted by Gasteiger charge is 2.09. The molecule has 3 nitrogen and oxygen atoms in total. The van der Waals surface area contributed by atoms with Crippen molar-refractivity contribution in [3.05, 3.63) is 41.4 Å². The molecule has 0 unspecified atom stereocenters. The molecule has 18 heavy (non-hydrogen) atoms. The predicted molar refractivity (Wildman–Crippen MR) is 74.2 cm³/mol. The molecule has 1 heterocycles. The Morgan fingerprint density at radius 2 is 2.17 bits per heavy atom. The molecular weight excluding hydrogens is 244 g/mol. The van der Waals surface area contributed by atoms with Crippen LogP contribution in [0.5, 0.6) is 0 Å². The van der Waals surface area contributed by atoms with Gasteiger partial charge in [0.25, 0.3) is 0 Å². The van der Waals surface area contributed by atoms with Crippen molar-refractivity contribution in [3.63, 3.8) is 0 Å².